The average Bonchev–Trinajstić information content (AvgIpc) is 2.76. The van der Waals surface area contributed by atoms with Crippen LogP contribution in [-0.4, -0.2) is 44.8 Å². The summed E-state index contributed by atoms with van der Waals surface area (Å²) in [5, 5.41) is 9.76. The number of alkyl halides is 1. The maximum absolute atomic E-state index is 12.1. The molecule has 0 bridgehead atoms. The molecular weight excluding hydrogens is 342 g/mol. The highest BCUT2D eigenvalue weighted by atomic mass is 79.9. The maximum Gasteiger partial charge on any atom is 0.521 e. The SMILES string of the molecule is CC1C[C@H](Sc2ccccc2)C[N+]1(C(=O)O)C(=O)CBr. The number of nitrogens with zero attached hydrogens (tertiary/aromatic N) is 1. The first kappa shape index (κ1) is 15.5. The molecule has 1 aromatic rings. The van der Waals surface area contributed by atoms with Crippen LogP contribution in [0.15, 0.2) is 35.2 Å². The van der Waals surface area contributed by atoms with E-state index in [0.29, 0.717) is 6.54 Å². The molecule has 20 heavy (non-hydrogen) atoms. The molecule has 1 saturated heterocycles. The molecule has 0 radical (unpaired) electrons. The van der Waals surface area contributed by atoms with Crippen molar-refractivity contribution in [3.63, 3.8) is 0 Å². The van der Waals surface area contributed by atoms with Crippen molar-refractivity contribution in [2.45, 2.75) is 29.5 Å². The van der Waals surface area contributed by atoms with Gasteiger partial charge in [0.15, 0.2) is 0 Å². The lowest BCUT2D eigenvalue weighted by atomic mass is 10.2. The Morgan fingerprint density at radius 3 is 2.60 bits per heavy atom. The van der Waals surface area contributed by atoms with Gasteiger partial charge in [-0.25, -0.2) is 4.79 Å². The highest BCUT2D eigenvalue weighted by molar-refractivity contribution is 9.09. The Balaban J connectivity index is 2.18. The first-order valence-electron chi connectivity index (χ1n) is 6.43. The molecule has 0 aliphatic carbocycles. The number of hydrogen-bond acceptors (Lipinski definition) is 3. The van der Waals surface area contributed by atoms with Crippen molar-refractivity contribution in [3.05, 3.63) is 30.3 Å². The van der Waals surface area contributed by atoms with Crippen molar-refractivity contribution in [2.75, 3.05) is 11.9 Å². The average molecular weight is 359 g/mol. The summed E-state index contributed by atoms with van der Waals surface area (Å²) in [4.78, 5) is 24.9. The van der Waals surface area contributed by atoms with Crippen LogP contribution in [0.5, 0.6) is 0 Å². The number of quaternary nitrogens is 1. The molecule has 0 spiro atoms. The number of carbonyl (C=O) groups is 2. The summed E-state index contributed by atoms with van der Waals surface area (Å²) in [5.41, 5.74) is 0. The number of benzene rings is 1. The third kappa shape index (κ3) is 2.77. The van der Waals surface area contributed by atoms with Crippen LogP contribution in [0, 0.1) is 0 Å². The summed E-state index contributed by atoms with van der Waals surface area (Å²) >= 11 is 4.76. The summed E-state index contributed by atoms with van der Waals surface area (Å²) < 4.78 is -0.463. The Bertz CT molecular complexity index is 510. The van der Waals surface area contributed by atoms with Crippen molar-refractivity contribution in [2.24, 2.45) is 0 Å². The Kier molecular flexibility index (Phi) is 4.88. The summed E-state index contributed by atoms with van der Waals surface area (Å²) in [5.74, 6) is -0.277. The summed E-state index contributed by atoms with van der Waals surface area (Å²) in [6, 6.07) is 9.70. The molecule has 0 saturated carbocycles. The number of carbonyl (C=O) groups excluding carboxylic acids is 1. The molecule has 1 aliphatic heterocycles. The molecule has 2 amide bonds. The smallest absolute Gasteiger partial charge is 0.435 e. The van der Waals surface area contributed by atoms with E-state index in [9.17, 15) is 14.7 Å². The Morgan fingerprint density at radius 2 is 2.05 bits per heavy atom. The first-order chi connectivity index (χ1) is 9.50. The number of imide groups is 1. The lowest BCUT2D eigenvalue weighted by Crippen LogP contribution is -2.59. The van der Waals surface area contributed by atoms with Crippen LogP contribution in [0.25, 0.3) is 0 Å². The lowest BCUT2D eigenvalue weighted by Gasteiger charge is -2.28. The lowest BCUT2D eigenvalue weighted by molar-refractivity contribution is -0.790. The molecule has 1 N–H and O–H groups in total. The predicted octanol–water partition coefficient (Wildman–Crippen LogP) is 3.36. The van der Waals surface area contributed by atoms with Gasteiger partial charge < -0.3 is 5.11 Å². The van der Waals surface area contributed by atoms with Crippen LogP contribution in [0.1, 0.15) is 13.3 Å². The Labute approximate surface area is 130 Å². The van der Waals surface area contributed by atoms with Crippen molar-refractivity contribution in [1.29, 1.82) is 0 Å². The fraction of sp³-hybridized carbons (Fsp3) is 0.429. The highest BCUT2D eigenvalue weighted by Crippen LogP contribution is 2.38. The number of amides is 2. The van der Waals surface area contributed by atoms with Gasteiger partial charge in [0.2, 0.25) is 0 Å². The topological polar surface area (TPSA) is 54.4 Å². The van der Waals surface area contributed by atoms with Crippen molar-refractivity contribution in [3.8, 4) is 0 Å². The third-order valence-corrected chi connectivity index (χ3v) is 5.49. The summed E-state index contributed by atoms with van der Waals surface area (Å²) in [6.07, 6.45) is -0.317. The van der Waals surface area contributed by atoms with E-state index in [1.54, 1.807) is 11.8 Å². The van der Waals surface area contributed by atoms with E-state index < -0.39 is 10.6 Å². The Morgan fingerprint density at radius 1 is 1.40 bits per heavy atom. The van der Waals surface area contributed by atoms with E-state index >= 15 is 0 Å². The molecule has 1 aliphatic rings. The number of thioether (sulfide) groups is 1. The highest BCUT2D eigenvalue weighted by Gasteiger charge is 2.55. The van der Waals surface area contributed by atoms with Crippen LogP contribution in [0.4, 0.5) is 4.79 Å². The van der Waals surface area contributed by atoms with Gasteiger partial charge in [0.1, 0.15) is 17.9 Å². The van der Waals surface area contributed by atoms with Gasteiger partial charge in [-0.05, 0) is 19.1 Å². The molecule has 4 nitrogen and oxygen atoms in total. The van der Waals surface area contributed by atoms with Gasteiger partial charge in [0, 0.05) is 11.3 Å². The predicted molar refractivity (Wildman–Crippen MR) is 82.1 cm³/mol. The number of rotatable bonds is 3. The quantitative estimate of drug-likeness (QED) is 0.664. The standard InChI is InChI=1S/C14H16BrNO3S/c1-10-7-12(20-11-5-3-2-4-6-11)9-16(10,14(18)19)13(17)8-15/h2-6,10,12H,7-9H2,1H3/p+1/t10?,12-,16?/m0/s1. The zero-order valence-electron chi connectivity index (χ0n) is 11.2. The molecule has 3 atom stereocenters. The van der Waals surface area contributed by atoms with Gasteiger partial charge in [-0.1, -0.05) is 34.1 Å². The van der Waals surface area contributed by atoms with Crippen molar-refractivity contribution < 1.29 is 19.2 Å². The molecule has 1 fully saturated rings. The minimum atomic E-state index is -1.04. The Hall–Kier alpha value is -0.850. The summed E-state index contributed by atoms with van der Waals surface area (Å²) in [6.45, 7) is 2.20. The second-order valence-corrected chi connectivity index (χ2v) is 6.93. The summed E-state index contributed by atoms with van der Waals surface area (Å²) in [7, 11) is 0. The molecule has 2 rings (SSSR count). The van der Waals surface area contributed by atoms with E-state index in [2.05, 4.69) is 15.9 Å². The van der Waals surface area contributed by atoms with E-state index in [4.69, 9.17) is 0 Å². The number of hydrogen-bond donors (Lipinski definition) is 1. The second kappa shape index (κ2) is 6.28. The van der Waals surface area contributed by atoms with E-state index in [1.807, 2.05) is 37.3 Å². The molecule has 0 aromatic heterocycles. The zero-order valence-corrected chi connectivity index (χ0v) is 13.6. The van der Waals surface area contributed by atoms with Gasteiger partial charge in [-0.2, -0.15) is 9.28 Å². The monoisotopic (exact) mass is 358 g/mol. The fourth-order valence-corrected chi connectivity index (χ4v) is 4.57. The third-order valence-electron chi connectivity index (χ3n) is 3.79. The number of likely N-dealkylation sites (tertiary alicyclic amines) is 1. The second-order valence-electron chi connectivity index (χ2n) is 5.00. The normalized spacial score (nSPS) is 29.3. The largest absolute Gasteiger partial charge is 0.521 e. The minimum Gasteiger partial charge on any atom is -0.435 e. The first-order valence-corrected chi connectivity index (χ1v) is 8.43. The maximum atomic E-state index is 12.1. The van der Waals surface area contributed by atoms with Crippen molar-refractivity contribution in [1.82, 2.24) is 0 Å². The van der Waals surface area contributed by atoms with E-state index in [-0.39, 0.29) is 22.5 Å². The molecular formula is C14H17BrNO3S+. The van der Waals surface area contributed by atoms with Gasteiger partial charge in [0.05, 0.1) is 5.25 Å². The van der Waals surface area contributed by atoms with Crippen molar-refractivity contribution >= 4 is 39.7 Å². The fourth-order valence-electron chi connectivity index (χ4n) is 2.74. The van der Waals surface area contributed by atoms with Gasteiger partial charge in [-0.3, -0.25) is 0 Å². The van der Waals surface area contributed by atoms with E-state index in [1.165, 1.54) is 0 Å². The molecule has 1 heterocycles. The van der Waals surface area contributed by atoms with Crippen LogP contribution in [0.2, 0.25) is 0 Å². The molecule has 1 aromatic carbocycles. The number of carboxylic acid groups (broad SMARTS) is 1. The van der Waals surface area contributed by atoms with Crippen LogP contribution >= 0.6 is 27.7 Å². The van der Waals surface area contributed by atoms with Gasteiger partial charge >= 0.3 is 12.0 Å². The number of halogens is 1. The van der Waals surface area contributed by atoms with Crippen LogP contribution in [0.3, 0.4) is 0 Å². The molecule has 2 unspecified atom stereocenters. The van der Waals surface area contributed by atoms with Gasteiger partial charge in [0.25, 0.3) is 0 Å². The van der Waals surface area contributed by atoms with Crippen LogP contribution in [-0.2, 0) is 4.79 Å². The van der Waals surface area contributed by atoms with Crippen LogP contribution < -0.4 is 0 Å². The minimum absolute atomic E-state index is 0.0758. The molecule has 6 heteroatoms. The zero-order chi connectivity index (χ0) is 14.8. The molecule has 108 valence electrons. The van der Waals surface area contributed by atoms with Gasteiger partial charge in [-0.15, -0.1) is 11.8 Å². The van der Waals surface area contributed by atoms with E-state index in [0.717, 1.165) is 11.3 Å².